The first-order chi connectivity index (χ1) is 9.28. The standard InChI is InChI=1S/C16H18ClNO/c1-19-16-7-3-5-14(11-16)12-18-9-8-13-4-2-6-15(17)10-13/h2-7,10-11,18H,8-9,12H2,1H3/p+1. The van der Waals surface area contributed by atoms with Gasteiger partial charge in [-0.05, 0) is 29.8 Å². The lowest BCUT2D eigenvalue weighted by atomic mass is 10.1. The van der Waals surface area contributed by atoms with Crippen LogP contribution in [0.4, 0.5) is 0 Å². The number of ether oxygens (including phenoxy) is 1. The molecular formula is C16H19ClNO+. The zero-order valence-corrected chi connectivity index (χ0v) is 11.9. The molecule has 19 heavy (non-hydrogen) atoms. The smallest absolute Gasteiger partial charge is 0.119 e. The van der Waals surface area contributed by atoms with Gasteiger partial charge in [0.15, 0.2) is 0 Å². The summed E-state index contributed by atoms with van der Waals surface area (Å²) >= 11 is 5.96. The van der Waals surface area contributed by atoms with E-state index in [1.165, 1.54) is 11.1 Å². The topological polar surface area (TPSA) is 25.8 Å². The molecular weight excluding hydrogens is 258 g/mol. The first-order valence-corrected chi connectivity index (χ1v) is 6.85. The Kier molecular flexibility index (Phi) is 5.25. The molecule has 2 rings (SSSR count). The van der Waals surface area contributed by atoms with E-state index in [0.29, 0.717) is 0 Å². The number of methoxy groups -OCH3 is 1. The molecule has 100 valence electrons. The predicted molar refractivity (Wildman–Crippen MR) is 78.6 cm³/mol. The largest absolute Gasteiger partial charge is 0.497 e. The zero-order valence-electron chi connectivity index (χ0n) is 11.1. The molecule has 0 aliphatic carbocycles. The third kappa shape index (κ3) is 4.58. The van der Waals surface area contributed by atoms with Crippen molar-refractivity contribution in [1.29, 1.82) is 0 Å². The van der Waals surface area contributed by atoms with Gasteiger partial charge in [0.1, 0.15) is 12.3 Å². The molecule has 2 N–H and O–H groups in total. The van der Waals surface area contributed by atoms with Gasteiger partial charge in [-0.25, -0.2) is 0 Å². The van der Waals surface area contributed by atoms with Crippen LogP contribution in [0.2, 0.25) is 5.02 Å². The molecule has 0 bridgehead atoms. The summed E-state index contributed by atoms with van der Waals surface area (Å²) in [7, 11) is 1.70. The molecule has 0 aliphatic heterocycles. The molecule has 0 heterocycles. The monoisotopic (exact) mass is 276 g/mol. The minimum absolute atomic E-state index is 0.810. The summed E-state index contributed by atoms with van der Waals surface area (Å²) in [6, 6.07) is 16.2. The molecule has 3 heteroatoms. The molecule has 0 amide bonds. The fourth-order valence-corrected chi connectivity index (χ4v) is 2.24. The summed E-state index contributed by atoms with van der Waals surface area (Å²) in [5, 5.41) is 3.11. The van der Waals surface area contributed by atoms with Gasteiger partial charge in [-0.2, -0.15) is 0 Å². The van der Waals surface area contributed by atoms with E-state index in [4.69, 9.17) is 16.3 Å². The minimum atomic E-state index is 0.810. The lowest BCUT2D eigenvalue weighted by Crippen LogP contribution is -2.83. The second-order valence-electron chi connectivity index (χ2n) is 4.51. The van der Waals surface area contributed by atoms with Gasteiger partial charge >= 0.3 is 0 Å². The number of benzene rings is 2. The quantitative estimate of drug-likeness (QED) is 0.807. The van der Waals surface area contributed by atoms with E-state index in [9.17, 15) is 0 Å². The maximum atomic E-state index is 5.96. The van der Waals surface area contributed by atoms with Crippen molar-refractivity contribution < 1.29 is 10.1 Å². The Bertz CT molecular complexity index is 528. The molecule has 0 saturated carbocycles. The molecule has 0 spiro atoms. The molecule has 2 nitrogen and oxygen atoms in total. The summed E-state index contributed by atoms with van der Waals surface area (Å²) in [6.45, 7) is 2.02. The van der Waals surface area contributed by atoms with Crippen molar-refractivity contribution in [2.24, 2.45) is 0 Å². The van der Waals surface area contributed by atoms with E-state index < -0.39 is 0 Å². The van der Waals surface area contributed by atoms with Crippen LogP contribution in [0.25, 0.3) is 0 Å². The number of hydrogen-bond donors (Lipinski definition) is 1. The van der Waals surface area contributed by atoms with Crippen molar-refractivity contribution >= 4 is 11.6 Å². The molecule has 2 aromatic rings. The summed E-state index contributed by atoms with van der Waals surface area (Å²) in [4.78, 5) is 0. The van der Waals surface area contributed by atoms with Gasteiger partial charge in [0.2, 0.25) is 0 Å². The highest BCUT2D eigenvalue weighted by molar-refractivity contribution is 6.30. The SMILES string of the molecule is COc1cccc(C[NH2+]CCc2cccc(Cl)c2)c1. The summed E-state index contributed by atoms with van der Waals surface area (Å²) in [6.07, 6.45) is 1.03. The molecule has 0 aromatic heterocycles. The van der Waals surface area contributed by atoms with Crippen molar-refractivity contribution in [2.45, 2.75) is 13.0 Å². The van der Waals surface area contributed by atoms with E-state index in [1.807, 2.05) is 30.3 Å². The van der Waals surface area contributed by atoms with E-state index in [2.05, 4.69) is 23.5 Å². The number of halogens is 1. The van der Waals surface area contributed by atoms with Crippen LogP contribution < -0.4 is 10.1 Å². The Labute approximate surface area is 119 Å². The second kappa shape index (κ2) is 7.17. The molecule has 0 aliphatic rings. The Morgan fingerprint density at radius 1 is 1.05 bits per heavy atom. The first kappa shape index (κ1) is 13.9. The van der Waals surface area contributed by atoms with Gasteiger partial charge in [0.05, 0.1) is 13.7 Å². The molecule has 0 saturated heterocycles. The fraction of sp³-hybridized carbons (Fsp3) is 0.250. The average Bonchev–Trinajstić information content (AvgIpc) is 2.44. The van der Waals surface area contributed by atoms with Crippen molar-refractivity contribution in [3.05, 3.63) is 64.7 Å². The minimum Gasteiger partial charge on any atom is -0.497 e. The van der Waals surface area contributed by atoms with Crippen LogP contribution in [0, 0.1) is 0 Å². The van der Waals surface area contributed by atoms with Crippen LogP contribution >= 0.6 is 11.6 Å². The first-order valence-electron chi connectivity index (χ1n) is 6.47. The predicted octanol–water partition coefficient (Wildman–Crippen LogP) is 2.65. The van der Waals surface area contributed by atoms with Gasteiger partial charge in [-0.3, -0.25) is 0 Å². The average molecular weight is 277 g/mol. The maximum Gasteiger partial charge on any atom is 0.119 e. The maximum absolute atomic E-state index is 5.96. The van der Waals surface area contributed by atoms with Gasteiger partial charge in [0, 0.05) is 17.0 Å². The molecule has 2 aromatic carbocycles. The number of quaternary nitrogens is 1. The van der Waals surface area contributed by atoms with Gasteiger partial charge in [-0.15, -0.1) is 0 Å². The van der Waals surface area contributed by atoms with Crippen molar-refractivity contribution in [2.75, 3.05) is 13.7 Å². The summed E-state index contributed by atoms with van der Waals surface area (Å²) < 4.78 is 5.22. The lowest BCUT2D eigenvalue weighted by Gasteiger charge is -2.05. The van der Waals surface area contributed by atoms with Crippen LogP contribution in [-0.2, 0) is 13.0 Å². The van der Waals surface area contributed by atoms with E-state index in [1.54, 1.807) is 7.11 Å². The Morgan fingerprint density at radius 2 is 1.84 bits per heavy atom. The molecule has 0 atom stereocenters. The van der Waals surface area contributed by atoms with Crippen LogP contribution in [0.1, 0.15) is 11.1 Å². The second-order valence-corrected chi connectivity index (χ2v) is 4.95. The van der Waals surface area contributed by atoms with E-state index in [0.717, 1.165) is 30.3 Å². The van der Waals surface area contributed by atoms with Gasteiger partial charge < -0.3 is 10.1 Å². The number of rotatable bonds is 6. The van der Waals surface area contributed by atoms with Crippen LogP contribution in [0.3, 0.4) is 0 Å². The number of hydrogen-bond acceptors (Lipinski definition) is 1. The van der Waals surface area contributed by atoms with Crippen molar-refractivity contribution in [1.82, 2.24) is 0 Å². The third-order valence-electron chi connectivity index (χ3n) is 3.04. The Morgan fingerprint density at radius 3 is 2.63 bits per heavy atom. The summed E-state index contributed by atoms with van der Waals surface area (Å²) in [5.74, 6) is 0.917. The zero-order chi connectivity index (χ0) is 13.5. The highest BCUT2D eigenvalue weighted by Gasteiger charge is 1.99. The molecule has 0 fully saturated rings. The van der Waals surface area contributed by atoms with E-state index >= 15 is 0 Å². The van der Waals surface area contributed by atoms with Crippen LogP contribution in [0.5, 0.6) is 5.75 Å². The Hall–Kier alpha value is -1.51. The van der Waals surface area contributed by atoms with Gasteiger partial charge in [0.25, 0.3) is 0 Å². The van der Waals surface area contributed by atoms with Crippen LogP contribution in [0.15, 0.2) is 48.5 Å². The normalized spacial score (nSPS) is 10.4. The lowest BCUT2D eigenvalue weighted by molar-refractivity contribution is -0.670. The van der Waals surface area contributed by atoms with Crippen LogP contribution in [-0.4, -0.2) is 13.7 Å². The Balaban J connectivity index is 1.77. The highest BCUT2D eigenvalue weighted by atomic mass is 35.5. The third-order valence-corrected chi connectivity index (χ3v) is 3.28. The molecule has 0 unspecified atom stereocenters. The molecule has 0 radical (unpaired) electrons. The number of nitrogens with two attached hydrogens (primary N) is 1. The highest BCUT2D eigenvalue weighted by Crippen LogP contribution is 2.12. The van der Waals surface area contributed by atoms with Crippen molar-refractivity contribution in [3.8, 4) is 5.75 Å². The van der Waals surface area contributed by atoms with Crippen molar-refractivity contribution in [3.63, 3.8) is 0 Å². The van der Waals surface area contributed by atoms with Gasteiger partial charge in [-0.1, -0.05) is 35.9 Å². The summed E-state index contributed by atoms with van der Waals surface area (Å²) in [5.41, 5.74) is 2.57. The van der Waals surface area contributed by atoms with E-state index in [-0.39, 0.29) is 0 Å². The fourth-order valence-electron chi connectivity index (χ4n) is 2.03.